The van der Waals surface area contributed by atoms with Crippen molar-refractivity contribution in [1.29, 1.82) is 0 Å². The third-order valence-electron chi connectivity index (χ3n) is 3.44. The monoisotopic (exact) mass is 325 g/mol. The number of para-hydroxylation sites is 2. The first-order valence-electron chi connectivity index (χ1n) is 6.78. The molecule has 1 nitrogen and oxygen atoms in total. The number of hydrogen-bond donors (Lipinski definition) is 0. The van der Waals surface area contributed by atoms with Crippen molar-refractivity contribution in [3.63, 3.8) is 0 Å². The van der Waals surface area contributed by atoms with Crippen LogP contribution in [-0.4, -0.2) is 6.04 Å². The summed E-state index contributed by atoms with van der Waals surface area (Å²) in [4.78, 5) is 2.38. The molecule has 0 saturated carbocycles. The lowest BCUT2D eigenvalue weighted by Gasteiger charge is -2.33. The van der Waals surface area contributed by atoms with Crippen molar-refractivity contribution in [1.82, 2.24) is 0 Å². The van der Waals surface area contributed by atoms with Gasteiger partial charge in [0.15, 0.2) is 0 Å². The molecule has 0 aromatic heterocycles. The molecular formula is C18H16BrN. The summed E-state index contributed by atoms with van der Waals surface area (Å²) < 4.78 is 1.12. The van der Waals surface area contributed by atoms with E-state index in [-0.39, 0.29) is 0 Å². The zero-order valence-electron chi connectivity index (χ0n) is 11.1. The minimum absolute atomic E-state index is 0.348. The largest absolute Gasteiger partial charge is 0.333 e. The van der Waals surface area contributed by atoms with Gasteiger partial charge in [0.2, 0.25) is 0 Å². The lowest BCUT2D eigenvalue weighted by atomic mass is 10.0. The predicted molar refractivity (Wildman–Crippen MR) is 89.4 cm³/mol. The maximum absolute atomic E-state index is 3.68. The minimum atomic E-state index is 0.348. The highest BCUT2D eigenvalue weighted by atomic mass is 79.9. The Kier molecular flexibility index (Phi) is 4.03. The zero-order chi connectivity index (χ0) is 13.8. The summed E-state index contributed by atoms with van der Waals surface area (Å²) in [5, 5.41) is 0. The summed E-state index contributed by atoms with van der Waals surface area (Å²) in [6.45, 7) is 0. The van der Waals surface area contributed by atoms with Gasteiger partial charge >= 0.3 is 0 Å². The van der Waals surface area contributed by atoms with Gasteiger partial charge in [-0.3, -0.25) is 0 Å². The van der Waals surface area contributed by atoms with Crippen LogP contribution in [-0.2, 0) is 0 Å². The highest BCUT2D eigenvalue weighted by Crippen LogP contribution is 2.35. The van der Waals surface area contributed by atoms with Crippen LogP contribution in [0.15, 0.2) is 83.4 Å². The van der Waals surface area contributed by atoms with Crippen molar-refractivity contribution >= 4 is 27.3 Å². The molecule has 0 bridgehead atoms. The van der Waals surface area contributed by atoms with Gasteiger partial charge in [-0.2, -0.15) is 0 Å². The van der Waals surface area contributed by atoms with Crippen LogP contribution in [0.5, 0.6) is 0 Å². The van der Waals surface area contributed by atoms with Crippen molar-refractivity contribution in [3.05, 3.63) is 83.4 Å². The Balaban J connectivity index is 2.06. The second-order valence-corrected chi connectivity index (χ2v) is 5.63. The molecule has 0 spiro atoms. The molecule has 2 aromatic rings. The average Bonchev–Trinajstić information content (AvgIpc) is 2.52. The van der Waals surface area contributed by atoms with E-state index < -0.39 is 0 Å². The van der Waals surface area contributed by atoms with E-state index in [2.05, 4.69) is 93.7 Å². The zero-order valence-corrected chi connectivity index (χ0v) is 12.7. The number of nitrogens with zero attached hydrogens (tertiary/aromatic N) is 1. The van der Waals surface area contributed by atoms with E-state index >= 15 is 0 Å². The molecule has 1 aliphatic carbocycles. The minimum Gasteiger partial charge on any atom is -0.333 e. The third-order valence-corrected chi connectivity index (χ3v) is 4.11. The highest BCUT2D eigenvalue weighted by Gasteiger charge is 2.20. The van der Waals surface area contributed by atoms with Crippen LogP contribution in [0.1, 0.15) is 6.42 Å². The Hall–Kier alpha value is -1.80. The maximum atomic E-state index is 3.68. The molecule has 2 aromatic carbocycles. The summed E-state index contributed by atoms with van der Waals surface area (Å²) in [5.41, 5.74) is 2.41. The van der Waals surface area contributed by atoms with E-state index in [1.54, 1.807) is 0 Å². The lowest BCUT2D eigenvalue weighted by molar-refractivity contribution is 0.784. The molecule has 0 amide bonds. The summed E-state index contributed by atoms with van der Waals surface area (Å²) >= 11 is 3.68. The van der Waals surface area contributed by atoms with Gasteiger partial charge in [-0.05, 0) is 46.6 Å². The fourth-order valence-corrected chi connectivity index (χ4v) is 2.98. The Morgan fingerprint density at radius 1 is 0.900 bits per heavy atom. The topological polar surface area (TPSA) is 3.24 Å². The molecule has 0 radical (unpaired) electrons. The Bertz CT molecular complexity index is 631. The molecule has 0 heterocycles. The molecule has 2 heteroatoms. The second kappa shape index (κ2) is 6.10. The molecule has 1 unspecified atom stereocenters. The number of allylic oxidation sites excluding steroid dienone is 2. The predicted octanol–water partition coefficient (Wildman–Crippen LogP) is 5.47. The van der Waals surface area contributed by atoms with Crippen LogP contribution in [0.4, 0.5) is 11.4 Å². The van der Waals surface area contributed by atoms with Gasteiger partial charge in [0.05, 0.1) is 11.7 Å². The van der Waals surface area contributed by atoms with Gasteiger partial charge in [-0.25, -0.2) is 0 Å². The van der Waals surface area contributed by atoms with Gasteiger partial charge in [-0.1, -0.05) is 54.6 Å². The Morgan fingerprint density at radius 3 is 2.35 bits per heavy atom. The normalized spacial score (nSPS) is 17.1. The van der Waals surface area contributed by atoms with Gasteiger partial charge in [0.25, 0.3) is 0 Å². The van der Waals surface area contributed by atoms with Crippen LogP contribution in [0.2, 0.25) is 0 Å². The van der Waals surface area contributed by atoms with E-state index in [0.29, 0.717) is 6.04 Å². The molecule has 0 aliphatic heterocycles. The van der Waals surface area contributed by atoms with Gasteiger partial charge in [-0.15, -0.1) is 0 Å². The lowest BCUT2D eigenvalue weighted by Crippen LogP contribution is -2.30. The fraction of sp³-hybridized carbons (Fsp3) is 0.111. The second-order valence-electron chi connectivity index (χ2n) is 4.77. The summed E-state index contributed by atoms with van der Waals surface area (Å²) in [7, 11) is 0. The molecule has 0 fully saturated rings. The van der Waals surface area contributed by atoms with Crippen LogP contribution in [0.3, 0.4) is 0 Å². The maximum Gasteiger partial charge on any atom is 0.0560 e. The number of anilines is 2. The van der Waals surface area contributed by atoms with E-state index in [4.69, 9.17) is 0 Å². The molecule has 20 heavy (non-hydrogen) atoms. The van der Waals surface area contributed by atoms with E-state index in [9.17, 15) is 0 Å². The van der Waals surface area contributed by atoms with Crippen LogP contribution in [0.25, 0.3) is 0 Å². The molecular weight excluding hydrogens is 310 g/mol. The highest BCUT2D eigenvalue weighted by molar-refractivity contribution is 9.10. The van der Waals surface area contributed by atoms with Gasteiger partial charge < -0.3 is 4.90 Å². The number of rotatable bonds is 3. The van der Waals surface area contributed by atoms with Gasteiger partial charge in [0, 0.05) is 10.2 Å². The van der Waals surface area contributed by atoms with Crippen LogP contribution < -0.4 is 4.90 Å². The van der Waals surface area contributed by atoms with Crippen LogP contribution >= 0.6 is 15.9 Å². The number of hydrogen-bond acceptors (Lipinski definition) is 1. The van der Waals surface area contributed by atoms with E-state index in [0.717, 1.165) is 10.9 Å². The SMILES string of the molecule is Brc1ccccc1N(c1ccccc1)C1C=CC=CC1. The van der Waals surface area contributed by atoms with Crippen molar-refractivity contribution in [2.75, 3.05) is 4.90 Å². The Labute approximate surface area is 128 Å². The average molecular weight is 326 g/mol. The smallest absolute Gasteiger partial charge is 0.0560 e. The van der Waals surface area contributed by atoms with E-state index in [1.807, 2.05) is 6.07 Å². The Morgan fingerprint density at radius 2 is 1.65 bits per heavy atom. The number of benzene rings is 2. The van der Waals surface area contributed by atoms with Crippen molar-refractivity contribution in [3.8, 4) is 0 Å². The first-order chi connectivity index (χ1) is 9.86. The summed E-state index contributed by atoms with van der Waals surface area (Å²) in [6, 6.07) is 19.3. The summed E-state index contributed by atoms with van der Waals surface area (Å²) in [6.07, 6.45) is 9.73. The van der Waals surface area contributed by atoms with Crippen molar-refractivity contribution in [2.24, 2.45) is 0 Å². The standard InChI is InChI=1S/C18H16BrN/c19-17-13-7-8-14-18(17)20(15-9-3-1-4-10-15)16-11-5-2-6-12-16/h1-11,13-14,16H,12H2. The fourth-order valence-electron chi connectivity index (χ4n) is 2.50. The first-order valence-corrected chi connectivity index (χ1v) is 7.58. The van der Waals surface area contributed by atoms with Crippen molar-refractivity contribution in [2.45, 2.75) is 12.5 Å². The molecule has 3 rings (SSSR count). The quantitative estimate of drug-likeness (QED) is 0.723. The van der Waals surface area contributed by atoms with Crippen LogP contribution in [0, 0.1) is 0 Å². The molecule has 1 atom stereocenters. The number of halogens is 1. The molecule has 1 aliphatic rings. The summed E-state index contributed by atoms with van der Waals surface area (Å²) in [5.74, 6) is 0. The molecule has 0 N–H and O–H groups in total. The first kappa shape index (κ1) is 13.2. The van der Waals surface area contributed by atoms with Gasteiger partial charge in [0.1, 0.15) is 0 Å². The third kappa shape index (κ3) is 2.70. The van der Waals surface area contributed by atoms with Crippen molar-refractivity contribution < 1.29 is 0 Å². The van der Waals surface area contributed by atoms with E-state index in [1.165, 1.54) is 11.4 Å². The molecule has 0 saturated heterocycles. The molecule has 100 valence electrons.